The van der Waals surface area contributed by atoms with Crippen LogP contribution in [0.1, 0.15) is 17.3 Å². The molecule has 0 radical (unpaired) electrons. The van der Waals surface area contributed by atoms with Crippen molar-refractivity contribution in [1.82, 2.24) is 0 Å². The average Bonchev–Trinajstić information content (AvgIpc) is 2.34. The van der Waals surface area contributed by atoms with E-state index in [4.69, 9.17) is 20.9 Å². The summed E-state index contributed by atoms with van der Waals surface area (Å²) in [6, 6.07) is 4.57. The lowest BCUT2D eigenvalue weighted by molar-refractivity contribution is -0.122. The Labute approximate surface area is 105 Å². The Kier molecular flexibility index (Phi) is 4.53. The molecule has 1 aromatic carbocycles. The summed E-state index contributed by atoms with van der Waals surface area (Å²) in [7, 11) is 1.47. The molecular weight excluding hydrogens is 236 g/mol. The highest BCUT2D eigenvalue weighted by Crippen LogP contribution is 2.19. The van der Waals surface area contributed by atoms with Crippen LogP contribution in [0.2, 0.25) is 0 Å². The Morgan fingerprint density at radius 1 is 1.33 bits per heavy atom. The molecule has 6 heteroatoms. The van der Waals surface area contributed by atoms with Crippen molar-refractivity contribution in [3.63, 3.8) is 0 Å². The predicted octanol–water partition coefficient (Wildman–Crippen LogP) is 0.556. The number of nitrogens with two attached hydrogens (primary N) is 2. The summed E-state index contributed by atoms with van der Waals surface area (Å²) in [5.74, 6) is -1.16. The summed E-state index contributed by atoms with van der Waals surface area (Å²) >= 11 is 0. The van der Waals surface area contributed by atoms with Gasteiger partial charge in [0.05, 0.1) is 18.6 Å². The van der Waals surface area contributed by atoms with Gasteiger partial charge in [0.1, 0.15) is 12.4 Å². The number of benzene rings is 1. The van der Waals surface area contributed by atoms with E-state index >= 15 is 0 Å². The van der Waals surface area contributed by atoms with Crippen LogP contribution in [0.5, 0.6) is 5.75 Å². The fourth-order valence-corrected chi connectivity index (χ4v) is 1.22. The summed E-state index contributed by atoms with van der Waals surface area (Å²) in [6.45, 7) is 1.51. The van der Waals surface area contributed by atoms with Gasteiger partial charge in [-0.05, 0) is 12.1 Å². The fraction of sp³-hybridized carbons (Fsp3) is 0.333. The number of methoxy groups -OCH3 is 1. The standard InChI is InChI=1S/C12H16N2O4/c1-7(11(14)15)6-18-12(16)8-3-9(13)5-10(4-8)17-2/h3-5,7H,6,13H2,1-2H3,(H2,14,15). The van der Waals surface area contributed by atoms with Crippen LogP contribution in [0.15, 0.2) is 18.2 Å². The zero-order valence-corrected chi connectivity index (χ0v) is 10.3. The summed E-state index contributed by atoms with van der Waals surface area (Å²) in [4.78, 5) is 22.5. The number of hydrogen-bond donors (Lipinski definition) is 2. The molecule has 0 aliphatic rings. The van der Waals surface area contributed by atoms with Crippen molar-refractivity contribution >= 4 is 17.6 Å². The first-order valence-electron chi connectivity index (χ1n) is 5.35. The van der Waals surface area contributed by atoms with Gasteiger partial charge in [-0.25, -0.2) is 4.79 Å². The third kappa shape index (κ3) is 3.65. The van der Waals surface area contributed by atoms with E-state index in [-0.39, 0.29) is 12.2 Å². The molecule has 0 spiro atoms. The number of primary amides is 1. The molecule has 0 saturated carbocycles. The maximum absolute atomic E-state index is 11.7. The number of ether oxygens (including phenoxy) is 2. The molecule has 1 atom stereocenters. The van der Waals surface area contributed by atoms with Crippen LogP contribution in [0.25, 0.3) is 0 Å². The molecule has 0 bridgehead atoms. The van der Waals surface area contributed by atoms with Crippen LogP contribution >= 0.6 is 0 Å². The monoisotopic (exact) mass is 252 g/mol. The fourth-order valence-electron chi connectivity index (χ4n) is 1.22. The van der Waals surface area contributed by atoms with Gasteiger partial charge in [-0.1, -0.05) is 6.92 Å². The average molecular weight is 252 g/mol. The summed E-state index contributed by atoms with van der Waals surface area (Å²) in [5, 5.41) is 0. The van der Waals surface area contributed by atoms with Crippen LogP contribution in [0, 0.1) is 5.92 Å². The Morgan fingerprint density at radius 3 is 2.56 bits per heavy atom. The molecular formula is C12H16N2O4. The second kappa shape index (κ2) is 5.90. The van der Waals surface area contributed by atoms with Gasteiger partial charge in [0.15, 0.2) is 0 Å². The van der Waals surface area contributed by atoms with Crippen LogP contribution in [0.4, 0.5) is 5.69 Å². The Balaban J connectivity index is 2.72. The molecule has 0 saturated heterocycles. The molecule has 98 valence electrons. The molecule has 4 N–H and O–H groups in total. The molecule has 1 rings (SSSR count). The Morgan fingerprint density at radius 2 is 2.00 bits per heavy atom. The number of nitrogen functional groups attached to an aromatic ring is 1. The van der Waals surface area contributed by atoms with Crippen molar-refractivity contribution in [2.75, 3.05) is 19.5 Å². The lowest BCUT2D eigenvalue weighted by atomic mass is 10.2. The van der Waals surface area contributed by atoms with Gasteiger partial charge < -0.3 is 20.9 Å². The van der Waals surface area contributed by atoms with Gasteiger partial charge in [-0.15, -0.1) is 0 Å². The van der Waals surface area contributed by atoms with E-state index < -0.39 is 17.8 Å². The van der Waals surface area contributed by atoms with E-state index in [1.165, 1.54) is 19.2 Å². The highest BCUT2D eigenvalue weighted by atomic mass is 16.5. The topological polar surface area (TPSA) is 105 Å². The maximum Gasteiger partial charge on any atom is 0.338 e. The number of anilines is 1. The van der Waals surface area contributed by atoms with Crippen LogP contribution in [0.3, 0.4) is 0 Å². The summed E-state index contributed by atoms with van der Waals surface area (Å²) in [6.07, 6.45) is 0. The van der Waals surface area contributed by atoms with Crippen molar-refractivity contribution < 1.29 is 19.1 Å². The molecule has 0 aliphatic heterocycles. The number of amides is 1. The second-order valence-corrected chi connectivity index (χ2v) is 3.90. The van der Waals surface area contributed by atoms with E-state index in [1.54, 1.807) is 13.0 Å². The molecule has 0 heterocycles. The van der Waals surface area contributed by atoms with Crippen molar-refractivity contribution in [3.05, 3.63) is 23.8 Å². The van der Waals surface area contributed by atoms with E-state index in [0.29, 0.717) is 11.4 Å². The number of carbonyl (C=O) groups excluding carboxylic acids is 2. The molecule has 1 aromatic rings. The largest absolute Gasteiger partial charge is 0.497 e. The predicted molar refractivity (Wildman–Crippen MR) is 66.0 cm³/mol. The van der Waals surface area contributed by atoms with Gasteiger partial charge in [0, 0.05) is 11.8 Å². The minimum absolute atomic E-state index is 0.0642. The quantitative estimate of drug-likeness (QED) is 0.588. The van der Waals surface area contributed by atoms with Crippen LogP contribution in [-0.4, -0.2) is 25.6 Å². The number of rotatable bonds is 5. The van der Waals surface area contributed by atoms with Crippen molar-refractivity contribution in [2.24, 2.45) is 11.7 Å². The lowest BCUT2D eigenvalue weighted by Crippen LogP contribution is -2.25. The molecule has 18 heavy (non-hydrogen) atoms. The first-order valence-corrected chi connectivity index (χ1v) is 5.35. The normalized spacial score (nSPS) is 11.7. The highest BCUT2D eigenvalue weighted by molar-refractivity contribution is 5.91. The highest BCUT2D eigenvalue weighted by Gasteiger charge is 2.14. The third-order valence-electron chi connectivity index (χ3n) is 2.35. The van der Waals surface area contributed by atoms with E-state index in [2.05, 4.69) is 0 Å². The summed E-state index contributed by atoms with van der Waals surface area (Å²) in [5.41, 5.74) is 11.3. The second-order valence-electron chi connectivity index (χ2n) is 3.90. The number of carbonyl (C=O) groups is 2. The molecule has 1 amide bonds. The lowest BCUT2D eigenvalue weighted by Gasteiger charge is -2.10. The first kappa shape index (κ1) is 13.8. The van der Waals surface area contributed by atoms with Crippen molar-refractivity contribution in [2.45, 2.75) is 6.92 Å². The van der Waals surface area contributed by atoms with Gasteiger partial charge in [0.2, 0.25) is 5.91 Å². The third-order valence-corrected chi connectivity index (χ3v) is 2.35. The molecule has 0 aromatic heterocycles. The zero-order chi connectivity index (χ0) is 13.7. The van der Waals surface area contributed by atoms with Crippen LogP contribution < -0.4 is 16.2 Å². The van der Waals surface area contributed by atoms with E-state index in [0.717, 1.165) is 0 Å². The molecule has 0 aliphatic carbocycles. The smallest absolute Gasteiger partial charge is 0.338 e. The van der Waals surface area contributed by atoms with E-state index in [1.807, 2.05) is 0 Å². The van der Waals surface area contributed by atoms with Gasteiger partial charge >= 0.3 is 5.97 Å². The number of hydrogen-bond acceptors (Lipinski definition) is 5. The van der Waals surface area contributed by atoms with Crippen LogP contribution in [-0.2, 0) is 9.53 Å². The zero-order valence-electron chi connectivity index (χ0n) is 10.3. The maximum atomic E-state index is 11.7. The minimum Gasteiger partial charge on any atom is -0.497 e. The Hall–Kier alpha value is -2.24. The molecule has 1 unspecified atom stereocenters. The van der Waals surface area contributed by atoms with Gasteiger partial charge in [0.25, 0.3) is 0 Å². The summed E-state index contributed by atoms with van der Waals surface area (Å²) < 4.78 is 9.94. The van der Waals surface area contributed by atoms with Gasteiger partial charge in [-0.3, -0.25) is 4.79 Å². The van der Waals surface area contributed by atoms with Crippen molar-refractivity contribution in [3.8, 4) is 5.75 Å². The Bertz CT molecular complexity index is 459. The molecule has 6 nitrogen and oxygen atoms in total. The van der Waals surface area contributed by atoms with Gasteiger partial charge in [-0.2, -0.15) is 0 Å². The first-order chi connectivity index (χ1) is 8.43. The minimum atomic E-state index is -0.575. The molecule has 0 fully saturated rings. The van der Waals surface area contributed by atoms with Crippen molar-refractivity contribution in [1.29, 1.82) is 0 Å². The van der Waals surface area contributed by atoms with E-state index in [9.17, 15) is 9.59 Å². The SMILES string of the molecule is COc1cc(N)cc(C(=O)OCC(C)C(N)=O)c1. The number of esters is 1.